The molecule has 2 aliphatic heterocycles. The Bertz CT molecular complexity index is 447. The van der Waals surface area contributed by atoms with Crippen molar-refractivity contribution in [3.05, 3.63) is 0 Å². The van der Waals surface area contributed by atoms with Crippen LogP contribution in [0.25, 0.3) is 0 Å². The van der Waals surface area contributed by atoms with Gasteiger partial charge in [0.15, 0.2) is 5.96 Å². The lowest BCUT2D eigenvalue weighted by atomic mass is 10.1. The summed E-state index contributed by atoms with van der Waals surface area (Å²) in [5, 5.41) is 6.51. The third-order valence-electron chi connectivity index (χ3n) is 4.86. The Morgan fingerprint density at radius 1 is 1.22 bits per heavy atom. The molecule has 0 spiro atoms. The van der Waals surface area contributed by atoms with Gasteiger partial charge in [-0.15, -0.1) is 24.0 Å². The Kier molecular flexibility index (Phi) is 11.2. The van der Waals surface area contributed by atoms with Crippen molar-refractivity contribution in [2.75, 3.05) is 65.6 Å². The molecule has 0 radical (unpaired) electrons. The minimum Gasteiger partial charge on any atom is -0.379 e. The molecule has 0 aromatic heterocycles. The van der Waals surface area contributed by atoms with Gasteiger partial charge in [-0.3, -0.25) is 14.8 Å². The van der Waals surface area contributed by atoms with Gasteiger partial charge in [0.05, 0.1) is 26.3 Å². The molecule has 2 saturated heterocycles. The fourth-order valence-electron chi connectivity index (χ4n) is 3.42. The summed E-state index contributed by atoms with van der Waals surface area (Å²) in [6.45, 7) is 9.81. The van der Waals surface area contributed by atoms with Crippen LogP contribution in [0.15, 0.2) is 4.99 Å². The Balaban J connectivity index is 0.00000364. The molecule has 160 valence electrons. The van der Waals surface area contributed by atoms with E-state index in [1.807, 2.05) is 6.92 Å². The van der Waals surface area contributed by atoms with E-state index in [1.54, 1.807) is 0 Å². The van der Waals surface area contributed by atoms with Crippen LogP contribution >= 0.6 is 24.0 Å². The molecule has 10 heteroatoms. The highest BCUT2D eigenvalue weighted by atomic mass is 127. The van der Waals surface area contributed by atoms with E-state index >= 15 is 0 Å². The third kappa shape index (κ3) is 9.62. The molecule has 6 nitrogen and oxygen atoms in total. The van der Waals surface area contributed by atoms with Crippen molar-refractivity contribution in [3.8, 4) is 0 Å². The molecule has 2 heterocycles. The van der Waals surface area contributed by atoms with E-state index in [2.05, 4.69) is 27.4 Å². The second-order valence-corrected chi connectivity index (χ2v) is 7.10. The molecule has 2 N–H and O–H groups in total. The van der Waals surface area contributed by atoms with Gasteiger partial charge < -0.3 is 15.4 Å². The number of rotatable bonds is 7. The van der Waals surface area contributed by atoms with Crippen molar-refractivity contribution in [3.63, 3.8) is 0 Å². The van der Waals surface area contributed by atoms with Crippen LogP contribution < -0.4 is 10.6 Å². The first-order valence-electron chi connectivity index (χ1n) is 9.50. The van der Waals surface area contributed by atoms with Gasteiger partial charge in [0, 0.05) is 38.8 Å². The number of hydrogen-bond donors (Lipinski definition) is 2. The van der Waals surface area contributed by atoms with Crippen molar-refractivity contribution >= 4 is 29.9 Å². The fraction of sp³-hybridized carbons (Fsp3) is 0.941. The summed E-state index contributed by atoms with van der Waals surface area (Å²) in [7, 11) is 0. The molecule has 2 unspecified atom stereocenters. The summed E-state index contributed by atoms with van der Waals surface area (Å²) >= 11 is 0. The van der Waals surface area contributed by atoms with E-state index in [0.29, 0.717) is 32.2 Å². The molecule has 0 bridgehead atoms. The van der Waals surface area contributed by atoms with Gasteiger partial charge in [-0.2, -0.15) is 13.2 Å². The van der Waals surface area contributed by atoms with Gasteiger partial charge in [0.25, 0.3) is 0 Å². The summed E-state index contributed by atoms with van der Waals surface area (Å²) in [4.78, 5) is 8.49. The monoisotopic (exact) mass is 507 g/mol. The highest BCUT2D eigenvalue weighted by Gasteiger charge is 2.34. The Labute approximate surface area is 177 Å². The van der Waals surface area contributed by atoms with E-state index < -0.39 is 12.7 Å². The number of halogens is 4. The van der Waals surface area contributed by atoms with E-state index in [9.17, 15) is 13.2 Å². The minimum atomic E-state index is -4.12. The quantitative estimate of drug-likeness (QED) is 0.313. The first-order chi connectivity index (χ1) is 12.4. The average Bonchev–Trinajstić information content (AvgIpc) is 3.03. The topological polar surface area (TPSA) is 52.1 Å². The van der Waals surface area contributed by atoms with Gasteiger partial charge in [-0.05, 0) is 32.7 Å². The van der Waals surface area contributed by atoms with Crippen LogP contribution in [0.4, 0.5) is 13.2 Å². The zero-order chi connectivity index (χ0) is 19.0. The largest absolute Gasteiger partial charge is 0.401 e. The van der Waals surface area contributed by atoms with Gasteiger partial charge in [-0.25, -0.2) is 0 Å². The van der Waals surface area contributed by atoms with Crippen molar-refractivity contribution in [2.24, 2.45) is 10.9 Å². The molecule has 0 aliphatic carbocycles. The maximum absolute atomic E-state index is 12.5. The Hall–Kier alpha value is -0.330. The molecule has 0 amide bonds. The second kappa shape index (κ2) is 12.3. The number of nitrogens with zero attached hydrogens (tertiary/aromatic N) is 3. The standard InChI is InChI=1S/C17H32F3N5O.HI/c1-3-21-16(22-10-14(2)25-6-8-26-9-7-25)23-11-15-4-5-24(12-15)13-17(18,19)20;/h14-15H,3-13H2,1-2H3,(H2,21,22,23);1H. The predicted octanol–water partition coefficient (Wildman–Crippen LogP) is 1.76. The first-order valence-corrected chi connectivity index (χ1v) is 9.50. The van der Waals surface area contributed by atoms with Gasteiger partial charge in [0.1, 0.15) is 0 Å². The highest BCUT2D eigenvalue weighted by molar-refractivity contribution is 14.0. The molecule has 0 aromatic rings. The van der Waals surface area contributed by atoms with Crippen molar-refractivity contribution in [1.29, 1.82) is 0 Å². The first kappa shape index (κ1) is 24.7. The average molecular weight is 507 g/mol. The van der Waals surface area contributed by atoms with Crippen LogP contribution in [0.1, 0.15) is 20.3 Å². The van der Waals surface area contributed by atoms with Crippen LogP contribution in [0.5, 0.6) is 0 Å². The molecule has 0 saturated carbocycles. The van der Waals surface area contributed by atoms with Crippen LogP contribution in [0.3, 0.4) is 0 Å². The number of nitrogens with one attached hydrogen (secondary N) is 2. The maximum atomic E-state index is 12.5. The second-order valence-electron chi connectivity index (χ2n) is 7.10. The molecular weight excluding hydrogens is 474 g/mol. The molecule has 2 aliphatic rings. The molecule has 27 heavy (non-hydrogen) atoms. The van der Waals surface area contributed by atoms with Crippen molar-refractivity contribution in [1.82, 2.24) is 20.4 Å². The smallest absolute Gasteiger partial charge is 0.379 e. The van der Waals surface area contributed by atoms with Crippen LogP contribution in [0.2, 0.25) is 0 Å². The summed E-state index contributed by atoms with van der Waals surface area (Å²) in [6.07, 6.45) is -3.33. The number of aliphatic imine (C=N–C) groups is 1. The predicted molar refractivity (Wildman–Crippen MR) is 112 cm³/mol. The third-order valence-corrected chi connectivity index (χ3v) is 4.86. The summed E-state index contributed by atoms with van der Waals surface area (Å²) in [6, 6.07) is 0.336. The minimum absolute atomic E-state index is 0. The zero-order valence-corrected chi connectivity index (χ0v) is 18.6. The van der Waals surface area contributed by atoms with Gasteiger partial charge in [0.2, 0.25) is 0 Å². The van der Waals surface area contributed by atoms with Crippen LogP contribution in [-0.4, -0.2) is 93.5 Å². The molecule has 2 atom stereocenters. The highest BCUT2D eigenvalue weighted by Crippen LogP contribution is 2.22. The maximum Gasteiger partial charge on any atom is 0.401 e. The number of guanidine groups is 1. The molecular formula is C17H33F3IN5O. The zero-order valence-electron chi connectivity index (χ0n) is 16.2. The number of morpholine rings is 1. The lowest BCUT2D eigenvalue weighted by molar-refractivity contribution is -0.143. The van der Waals surface area contributed by atoms with Crippen molar-refractivity contribution in [2.45, 2.75) is 32.5 Å². The SMILES string of the molecule is CCNC(=NCC(C)N1CCOCC1)NCC1CCN(CC(F)(F)F)C1.I. The fourth-order valence-corrected chi connectivity index (χ4v) is 3.42. The van der Waals surface area contributed by atoms with Crippen LogP contribution in [0, 0.1) is 5.92 Å². The van der Waals surface area contributed by atoms with E-state index in [4.69, 9.17) is 4.74 Å². The lowest BCUT2D eigenvalue weighted by Gasteiger charge is -2.31. The molecule has 2 fully saturated rings. The summed E-state index contributed by atoms with van der Waals surface area (Å²) < 4.78 is 42.8. The van der Waals surface area contributed by atoms with Crippen molar-refractivity contribution < 1.29 is 17.9 Å². The normalized spacial score (nSPS) is 23.7. The number of likely N-dealkylation sites (tertiary alicyclic amines) is 1. The van der Waals surface area contributed by atoms with E-state index in [-0.39, 0.29) is 29.9 Å². The summed E-state index contributed by atoms with van der Waals surface area (Å²) in [5.74, 6) is 0.958. The Morgan fingerprint density at radius 2 is 1.93 bits per heavy atom. The van der Waals surface area contributed by atoms with Gasteiger partial charge >= 0.3 is 6.18 Å². The summed E-state index contributed by atoms with van der Waals surface area (Å²) in [5.41, 5.74) is 0. The molecule has 0 aromatic carbocycles. The van der Waals surface area contributed by atoms with E-state index in [1.165, 1.54) is 4.90 Å². The Morgan fingerprint density at radius 3 is 2.56 bits per heavy atom. The van der Waals surface area contributed by atoms with E-state index in [0.717, 1.165) is 45.2 Å². The molecule has 2 rings (SSSR count). The van der Waals surface area contributed by atoms with Crippen LogP contribution in [-0.2, 0) is 4.74 Å². The number of alkyl halides is 3. The number of hydrogen-bond acceptors (Lipinski definition) is 4. The van der Waals surface area contributed by atoms with Gasteiger partial charge in [-0.1, -0.05) is 0 Å². The number of ether oxygens (including phenoxy) is 1. The lowest BCUT2D eigenvalue weighted by Crippen LogP contribution is -2.45.